The maximum Gasteiger partial charge on any atom is 0.306 e. The van der Waals surface area contributed by atoms with Crippen molar-refractivity contribution >= 4 is 29.3 Å². The monoisotopic (exact) mass is 471 g/mol. The van der Waals surface area contributed by atoms with Gasteiger partial charge in [-0.2, -0.15) is 0 Å². The first-order valence-electron chi connectivity index (χ1n) is 11.3. The molecule has 0 saturated heterocycles. The number of carbonyl (C=O) groups is 3. The number of aliphatic carboxylic acids is 1. The third-order valence-electron chi connectivity index (χ3n) is 6.11. The van der Waals surface area contributed by atoms with Crippen LogP contribution in [0.2, 0.25) is 5.02 Å². The van der Waals surface area contributed by atoms with Crippen LogP contribution in [0.3, 0.4) is 0 Å². The molecule has 0 heterocycles. The van der Waals surface area contributed by atoms with Crippen LogP contribution in [-0.2, 0) is 4.79 Å². The number of amides is 1. The normalized spacial score (nSPS) is 17.9. The zero-order valence-electron chi connectivity index (χ0n) is 19.0. The summed E-state index contributed by atoms with van der Waals surface area (Å²) in [6, 6.07) is 10.6. The Morgan fingerprint density at radius 3 is 2.39 bits per heavy atom. The molecule has 2 aromatic rings. The summed E-state index contributed by atoms with van der Waals surface area (Å²) in [5.74, 6) is -0.457. The van der Waals surface area contributed by atoms with E-state index in [9.17, 15) is 14.4 Å². The van der Waals surface area contributed by atoms with Gasteiger partial charge in [0.25, 0.3) is 5.91 Å². The maximum absolute atomic E-state index is 12.6. The minimum Gasteiger partial charge on any atom is -0.490 e. The predicted octanol–water partition coefficient (Wildman–Crippen LogP) is 5.37. The van der Waals surface area contributed by atoms with E-state index in [-0.39, 0.29) is 23.7 Å². The summed E-state index contributed by atoms with van der Waals surface area (Å²) in [6.07, 6.45) is 3.58. The molecule has 0 spiro atoms. The van der Waals surface area contributed by atoms with Crippen molar-refractivity contribution in [1.82, 2.24) is 5.32 Å². The predicted molar refractivity (Wildman–Crippen MR) is 127 cm³/mol. The molecule has 0 unspecified atom stereocenters. The topological polar surface area (TPSA) is 92.7 Å². The summed E-state index contributed by atoms with van der Waals surface area (Å²) < 4.78 is 6.02. The number of carboxylic acid groups (broad SMARTS) is 1. The highest BCUT2D eigenvalue weighted by Gasteiger charge is 2.27. The van der Waals surface area contributed by atoms with Crippen LogP contribution in [0.25, 0.3) is 0 Å². The third-order valence-corrected chi connectivity index (χ3v) is 6.53. The average molecular weight is 472 g/mol. The lowest BCUT2D eigenvalue weighted by molar-refractivity contribution is -0.143. The quantitative estimate of drug-likeness (QED) is 0.378. The zero-order chi connectivity index (χ0) is 24.0. The molecule has 0 aliphatic heterocycles. The molecular formula is C26H30ClNO5. The number of nitrogens with one attached hydrogen (secondary N) is 1. The first kappa shape index (κ1) is 24.8. The molecule has 3 rings (SSSR count). The van der Waals surface area contributed by atoms with E-state index in [4.69, 9.17) is 21.4 Å². The third kappa shape index (κ3) is 6.81. The van der Waals surface area contributed by atoms with Crippen molar-refractivity contribution in [2.75, 3.05) is 6.54 Å². The molecule has 7 heteroatoms. The number of ketones is 1. The Bertz CT molecular complexity index is 1030. The van der Waals surface area contributed by atoms with Gasteiger partial charge < -0.3 is 15.2 Å². The van der Waals surface area contributed by atoms with Crippen molar-refractivity contribution < 1.29 is 24.2 Å². The van der Waals surface area contributed by atoms with Gasteiger partial charge in [-0.25, -0.2) is 0 Å². The first-order valence-corrected chi connectivity index (χ1v) is 11.7. The molecule has 6 nitrogen and oxygen atoms in total. The average Bonchev–Trinajstić information content (AvgIpc) is 2.78. The minimum atomic E-state index is -0.730. The van der Waals surface area contributed by atoms with E-state index in [1.807, 2.05) is 19.9 Å². The Morgan fingerprint density at radius 2 is 1.76 bits per heavy atom. The number of ether oxygens (including phenoxy) is 1. The van der Waals surface area contributed by atoms with Crippen LogP contribution in [0.5, 0.6) is 5.75 Å². The summed E-state index contributed by atoms with van der Waals surface area (Å²) in [5, 5.41) is 12.6. The van der Waals surface area contributed by atoms with Gasteiger partial charge in [0.05, 0.1) is 12.0 Å². The highest BCUT2D eigenvalue weighted by Crippen LogP contribution is 2.29. The number of benzene rings is 2. The summed E-state index contributed by atoms with van der Waals surface area (Å²) in [5.41, 5.74) is 2.88. The molecule has 2 aromatic carbocycles. The van der Waals surface area contributed by atoms with Gasteiger partial charge >= 0.3 is 5.97 Å². The molecule has 0 radical (unpaired) electrons. The van der Waals surface area contributed by atoms with Crippen molar-refractivity contribution in [3.05, 3.63) is 63.7 Å². The highest BCUT2D eigenvalue weighted by molar-refractivity contribution is 6.31. The second-order valence-corrected chi connectivity index (χ2v) is 9.06. The lowest BCUT2D eigenvalue weighted by Gasteiger charge is -2.27. The number of Topliss-reactive ketones (excluding diaryl/α,β-unsaturated/α-hetero) is 1. The van der Waals surface area contributed by atoms with Gasteiger partial charge in [-0.15, -0.1) is 0 Å². The van der Waals surface area contributed by atoms with Gasteiger partial charge in [-0.05, 0) is 93.5 Å². The Balaban J connectivity index is 1.45. The zero-order valence-corrected chi connectivity index (χ0v) is 19.8. The SMILES string of the molecule is Cc1cc(C(=O)NCCCC(=O)c2ccc(OC3CCC(C(=O)O)CC3)cc2C)ccc1Cl. The van der Waals surface area contributed by atoms with Crippen LogP contribution in [0, 0.1) is 19.8 Å². The van der Waals surface area contributed by atoms with E-state index in [2.05, 4.69) is 5.32 Å². The Hall–Kier alpha value is -2.86. The number of hydrogen-bond acceptors (Lipinski definition) is 4. The van der Waals surface area contributed by atoms with Gasteiger partial charge in [0, 0.05) is 29.1 Å². The van der Waals surface area contributed by atoms with Crippen molar-refractivity contribution in [1.29, 1.82) is 0 Å². The fourth-order valence-electron chi connectivity index (χ4n) is 4.12. The van der Waals surface area contributed by atoms with E-state index < -0.39 is 5.97 Å². The van der Waals surface area contributed by atoms with Gasteiger partial charge in [-0.1, -0.05) is 11.6 Å². The number of aryl methyl sites for hydroxylation is 2. The summed E-state index contributed by atoms with van der Waals surface area (Å²) in [4.78, 5) is 36.0. The second-order valence-electron chi connectivity index (χ2n) is 8.65. The van der Waals surface area contributed by atoms with Crippen LogP contribution >= 0.6 is 11.6 Å². The fourth-order valence-corrected chi connectivity index (χ4v) is 4.23. The standard InChI is InChI=1S/C26H30ClNO5/c1-16-15-21(33-20-8-5-18(6-9-20)26(31)32)10-11-22(16)24(29)4-3-13-28-25(30)19-7-12-23(27)17(2)14-19/h7,10-12,14-15,18,20H,3-6,8-9,13H2,1-2H3,(H,28,30)(H,31,32). The largest absolute Gasteiger partial charge is 0.490 e. The van der Waals surface area contributed by atoms with E-state index in [1.54, 1.807) is 30.3 Å². The molecule has 1 aliphatic rings. The van der Waals surface area contributed by atoms with E-state index in [0.717, 1.165) is 24.0 Å². The number of halogens is 1. The van der Waals surface area contributed by atoms with Crippen molar-refractivity contribution in [3.63, 3.8) is 0 Å². The van der Waals surface area contributed by atoms with E-state index >= 15 is 0 Å². The molecule has 176 valence electrons. The first-order chi connectivity index (χ1) is 15.7. The van der Waals surface area contributed by atoms with Gasteiger partial charge in [0.2, 0.25) is 0 Å². The smallest absolute Gasteiger partial charge is 0.306 e. The molecule has 33 heavy (non-hydrogen) atoms. The van der Waals surface area contributed by atoms with Crippen molar-refractivity contribution in [2.45, 2.75) is 58.5 Å². The molecule has 0 aromatic heterocycles. The Morgan fingerprint density at radius 1 is 1.03 bits per heavy atom. The van der Waals surface area contributed by atoms with E-state index in [0.29, 0.717) is 54.1 Å². The number of carboxylic acids is 1. The van der Waals surface area contributed by atoms with Gasteiger partial charge in [-0.3, -0.25) is 14.4 Å². The molecule has 2 N–H and O–H groups in total. The summed E-state index contributed by atoms with van der Waals surface area (Å²) in [7, 11) is 0. The molecule has 0 atom stereocenters. The Labute approximate surface area is 199 Å². The number of hydrogen-bond donors (Lipinski definition) is 2. The minimum absolute atomic E-state index is 0.00888. The lowest BCUT2D eigenvalue weighted by Crippen LogP contribution is -2.27. The van der Waals surface area contributed by atoms with Crippen molar-refractivity contribution in [2.24, 2.45) is 5.92 Å². The molecule has 0 bridgehead atoms. The molecule has 1 saturated carbocycles. The molecule has 1 fully saturated rings. The number of rotatable bonds is 9. The summed E-state index contributed by atoms with van der Waals surface area (Å²) >= 11 is 6.00. The van der Waals surface area contributed by atoms with Crippen LogP contribution in [0.1, 0.15) is 70.4 Å². The second kappa shape index (κ2) is 11.3. The molecule has 1 amide bonds. The number of carbonyl (C=O) groups excluding carboxylic acids is 2. The lowest BCUT2D eigenvalue weighted by atomic mass is 9.87. The molecular weight excluding hydrogens is 442 g/mol. The van der Waals surface area contributed by atoms with Crippen LogP contribution < -0.4 is 10.1 Å². The van der Waals surface area contributed by atoms with Gasteiger partial charge in [0.15, 0.2) is 5.78 Å². The maximum atomic E-state index is 12.6. The van der Waals surface area contributed by atoms with Crippen LogP contribution in [-0.4, -0.2) is 35.4 Å². The fraction of sp³-hybridized carbons (Fsp3) is 0.423. The van der Waals surface area contributed by atoms with Gasteiger partial charge in [0.1, 0.15) is 5.75 Å². The van der Waals surface area contributed by atoms with E-state index in [1.165, 1.54) is 0 Å². The van der Waals surface area contributed by atoms with Crippen molar-refractivity contribution in [3.8, 4) is 5.75 Å². The highest BCUT2D eigenvalue weighted by atomic mass is 35.5. The molecule has 1 aliphatic carbocycles. The Kier molecular flexibility index (Phi) is 8.50. The summed E-state index contributed by atoms with van der Waals surface area (Å²) in [6.45, 7) is 4.14. The van der Waals surface area contributed by atoms with Crippen LogP contribution in [0.4, 0.5) is 0 Å². The van der Waals surface area contributed by atoms with Crippen LogP contribution in [0.15, 0.2) is 36.4 Å².